The van der Waals surface area contributed by atoms with Crippen molar-refractivity contribution in [2.24, 2.45) is 5.92 Å². The Morgan fingerprint density at radius 3 is 2.62 bits per heavy atom. The Morgan fingerprint density at radius 2 is 2.00 bits per heavy atom. The quantitative estimate of drug-likeness (QED) is 0.789. The lowest BCUT2D eigenvalue weighted by Crippen LogP contribution is -2.53. The Morgan fingerprint density at radius 1 is 1.21 bits per heavy atom. The highest BCUT2D eigenvalue weighted by atomic mass is 16.5. The van der Waals surface area contributed by atoms with Crippen LogP contribution in [0.4, 0.5) is 0 Å². The lowest BCUT2D eigenvalue weighted by atomic mass is 10.0. The number of rotatable bonds is 8. The maximum absolute atomic E-state index is 9.42. The standard InChI is InChI=1S/C19H32N2O3/c1-15(2)12-21-9-8-20(14-17(21)7-10-22)13-16-11-18(23-3)5-6-19(16)24-4/h5-6,11,15,17,22H,7-10,12-14H2,1-4H3. The first-order chi connectivity index (χ1) is 11.6. The number of nitrogens with zero attached hydrogens (tertiary/aromatic N) is 2. The molecule has 0 saturated carbocycles. The second-order valence-corrected chi connectivity index (χ2v) is 6.97. The van der Waals surface area contributed by atoms with E-state index < -0.39 is 0 Å². The zero-order valence-corrected chi connectivity index (χ0v) is 15.5. The lowest BCUT2D eigenvalue weighted by Gasteiger charge is -2.42. The Bertz CT molecular complexity index is 507. The highest BCUT2D eigenvalue weighted by molar-refractivity contribution is 5.40. The molecule has 1 unspecified atom stereocenters. The third kappa shape index (κ3) is 5.10. The molecule has 24 heavy (non-hydrogen) atoms. The molecule has 1 atom stereocenters. The van der Waals surface area contributed by atoms with Crippen molar-refractivity contribution >= 4 is 0 Å². The molecule has 1 aromatic carbocycles. The van der Waals surface area contributed by atoms with Crippen LogP contribution in [0, 0.1) is 5.92 Å². The monoisotopic (exact) mass is 336 g/mol. The van der Waals surface area contributed by atoms with Gasteiger partial charge in [-0.25, -0.2) is 0 Å². The molecule has 0 amide bonds. The van der Waals surface area contributed by atoms with Gasteiger partial charge >= 0.3 is 0 Å². The van der Waals surface area contributed by atoms with E-state index in [4.69, 9.17) is 9.47 Å². The van der Waals surface area contributed by atoms with Crippen molar-refractivity contribution in [2.45, 2.75) is 32.9 Å². The average Bonchev–Trinajstić information content (AvgIpc) is 2.57. The van der Waals surface area contributed by atoms with Crippen LogP contribution in [0.3, 0.4) is 0 Å². The molecule has 0 aromatic heterocycles. The fourth-order valence-electron chi connectivity index (χ4n) is 3.48. The first-order valence-electron chi connectivity index (χ1n) is 8.85. The maximum atomic E-state index is 9.42. The number of hydrogen-bond donors (Lipinski definition) is 1. The summed E-state index contributed by atoms with van der Waals surface area (Å²) >= 11 is 0. The first-order valence-corrected chi connectivity index (χ1v) is 8.85. The normalized spacial score (nSPS) is 19.7. The predicted octanol–water partition coefficient (Wildman–Crippen LogP) is 2.23. The van der Waals surface area contributed by atoms with Crippen LogP contribution >= 0.6 is 0 Å². The number of methoxy groups -OCH3 is 2. The van der Waals surface area contributed by atoms with E-state index in [1.807, 2.05) is 12.1 Å². The molecule has 1 heterocycles. The van der Waals surface area contributed by atoms with Crippen LogP contribution in [-0.4, -0.2) is 68.0 Å². The van der Waals surface area contributed by atoms with Crippen LogP contribution in [0.1, 0.15) is 25.8 Å². The van der Waals surface area contributed by atoms with Gasteiger partial charge in [0.05, 0.1) is 14.2 Å². The molecule has 1 aromatic rings. The Balaban J connectivity index is 2.05. The summed E-state index contributed by atoms with van der Waals surface area (Å²) in [5, 5.41) is 9.42. The molecule has 5 heteroatoms. The topological polar surface area (TPSA) is 45.2 Å². The van der Waals surface area contributed by atoms with Crippen molar-refractivity contribution in [3.05, 3.63) is 23.8 Å². The zero-order valence-electron chi connectivity index (χ0n) is 15.5. The smallest absolute Gasteiger partial charge is 0.123 e. The fraction of sp³-hybridized carbons (Fsp3) is 0.684. The van der Waals surface area contributed by atoms with Gasteiger partial charge in [0, 0.05) is 50.9 Å². The highest BCUT2D eigenvalue weighted by Crippen LogP contribution is 2.26. The van der Waals surface area contributed by atoms with Gasteiger partial charge in [0.1, 0.15) is 11.5 Å². The van der Waals surface area contributed by atoms with Crippen molar-refractivity contribution < 1.29 is 14.6 Å². The van der Waals surface area contributed by atoms with Gasteiger partial charge in [-0.15, -0.1) is 0 Å². The van der Waals surface area contributed by atoms with E-state index >= 15 is 0 Å². The van der Waals surface area contributed by atoms with Crippen molar-refractivity contribution in [3.63, 3.8) is 0 Å². The van der Waals surface area contributed by atoms with E-state index in [1.165, 1.54) is 0 Å². The third-order valence-electron chi connectivity index (χ3n) is 4.63. The van der Waals surface area contributed by atoms with Gasteiger partial charge in [-0.1, -0.05) is 13.8 Å². The van der Waals surface area contributed by atoms with Crippen LogP contribution in [0.5, 0.6) is 11.5 Å². The van der Waals surface area contributed by atoms with Crippen LogP contribution in [-0.2, 0) is 6.54 Å². The molecule has 0 bridgehead atoms. The minimum absolute atomic E-state index is 0.246. The van der Waals surface area contributed by atoms with Gasteiger partial charge in [-0.2, -0.15) is 0 Å². The molecule has 136 valence electrons. The van der Waals surface area contributed by atoms with Gasteiger partial charge in [-0.05, 0) is 30.5 Å². The van der Waals surface area contributed by atoms with Crippen LogP contribution in [0.15, 0.2) is 18.2 Å². The SMILES string of the molecule is COc1ccc(OC)c(CN2CCN(CC(C)C)C(CCO)C2)c1. The van der Waals surface area contributed by atoms with Crippen molar-refractivity contribution in [2.75, 3.05) is 47.0 Å². The van der Waals surface area contributed by atoms with E-state index in [0.29, 0.717) is 12.0 Å². The van der Waals surface area contributed by atoms with Crippen molar-refractivity contribution in [1.29, 1.82) is 0 Å². The summed E-state index contributed by atoms with van der Waals surface area (Å²) in [6.45, 7) is 9.76. The second-order valence-electron chi connectivity index (χ2n) is 6.97. The fourth-order valence-corrected chi connectivity index (χ4v) is 3.48. The van der Waals surface area contributed by atoms with E-state index in [-0.39, 0.29) is 6.61 Å². The second kappa shape index (κ2) is 9.25. The number of piperazine rings is 1. The first kappa shape index (κ1) is 19.0. The van der Waals surface area contributed by atoms with Gasteiger partial charge < -0.3 is 14.6 Å². The molecule has 5 nitrogen and oxygen atoms in total. The van der Waals surface area contributed by atoms with Crippen LogP contribution < -0.4 is 9.47 Å². The minimum Gasteiger partial charge on any atom is -0.497 e. The highest BCUT2D eigenvalue weighted by Gasteiger charge is 2.27. The summed E-state index contributed by atoms with van der Waals surface area (Å²) in [5.41, 5.74) is 1.15. The van der Waals surface area contributed by atoms with Crippen LogP contribution in [0.25, 0.3) is 0 Å². The van der Waals surface area contributed by atoms with Crippen molar-refractivity contribution in [3.8, 4) is 11.5 Å². The molecular formula is C19H32N2O3. The maximum Gasteiger partial charge on any atom is 0.123 e. The number of aliphatic hydroxyl groups excluding tert-OH is 1. The average molecular weight is 336 g/mol. The summed E-state index contributed by atoms with van der Waals surface area (Å²) in [5.74, 6) is 2.41. The van der Waals surface area contributed by atoms with Gasteiger partial charge in [0.15, 0.2) is 0 Å². The largest absolute Gasteiger partial charge is 0.497 e. The number of benzene rings is 1. The molecule has 0 spiro atoms. The molecule has 1 saturated heterocycles. The Hall–Kier alpha value is -1.30. The van der Waals surface area contributed by atoms with Gasteiger partial charge in [0.25, 0.3) is 0 Å². The summed E-state index contributed by atoms with van der Waals surface area (Å²) in [4.78, 5) is 4.98. The molecule has 0 radical (unpaired) electrons. The molecule has 1 aliphatic rings. The van der Waals surface area contributed by atoms with E-state index in [9.17, 15) is 5.11 Å². The summed E-state index contributed by atoms with van der Waals surface area (Å²) in [6, 6.07) is 6.37. The van der Waals surface area contributed by atoms with E-state index in [0.717, 1.165) is 56.2 Å². The number of ether oxygens (including phenoxy) is 2. The Labute approximate surface area is 146 Å². The summed E-state index contributed by atoms with van der Waals surface area (Å²) in [6.07, 6.45) is 0.832. The molecular weight excluding hydrogens is 304 g/mol. The van der Waals surface area contributed by atoms with Crippen LogP contribution in [0.2, 0.25) is 0 Å². The lowest BCUT2D eigenvalue weighted by molar-refractivity contribution is 0.0473. The molecule has 2 rings (SSSR count). The molecule has 1 fully saturated rings. The predicted molar refractivity (Wildman–Crippen MR) is 96.7 cm³/mol. The number of aliphatic hydroxyl groups is 1. The third-order valence-corrected chi connectivity index (χ3v) is 4.63. The molecule has 1 aliphatic heterocycles. The Kier molecular flexibility index (Phi) is 7.34. The summed E-state index contributed by atoms with van der Waals surface area (Å²) in [7, 11) is 3.40. The molecule has 1 N–H and O–H groups in total. The van der Waals surface area contributed by atoms with Gasteiger partial charge in [0.2, 0.25) is 0 Å². The van der Waals surface area contributed by atoms with E-state index in [2.05, 4.69) is 29.7 Å². The van der Waals surface area contributed by atoms with Gasteiger partial charge in [-0.3, -0.25) is 9.80 Å². The van der Waals surface area contributed by atoms with E-state index in [1.54, 1.807) is 14.2 Å². The number of hydrogen-bond acceptors (Lipinski definition) is 5. The summed E-state index contributed by atoms with van der Waals surface area (Å²) < 4.78 is 10.9. The van der Waals surface area contributed by atoms with Crippen molar-refractivity contribution in [1.82, 2.24) is 9.80 Å². The molecule has 0 aliphatic carbocycles. The minimum atomic E-state index is 0.246. The zero-order chi connectivity index (χ0) is 17.5.